The number of para-hydroxylation sites is 1. The molecular formula is C26H33N3O7S. The first-order valence-electron chi connectivity index (χ1n) is 12.1. The number of fused-ring (bicyclic) bond motifs is 1. The first-order valence-corrected chi connectivity index (χ1v) is 12.9. The molecule has 2 aromatic heterocycles. The van der Waals surface area contributed by atoms with E-state index in [2.05, 4.69) is 0 Å². The number of carbonyl (C=O) groups is 2. The topological polar surface area (TPSA) is 132 Å². The monoisotopic (exact) mass is 531 g/mol. The summed E-state index contributed by atoms with van der Waals surface area (Å²) < 4.78 is 19.5. The summed E-state index contributed by atoms with van der Waals surface area (Å²) in [5.41, 5.74) is 5.03. The number of aryl methyl sites for hydroxylation is 1. The number of amides is 1. The van der Waals surface area contributed by atoms with Crippen LogP contribution in [0.1, 0.15) is 61.5 Å². The molecule has 1 aromatic carbocycles. The zero-order valence-electron chi connectivity index (χ0n) is 21.9. The van der Waals surface area contributed by atoms with Gasteiger partial charge in [0.05, 0.1) is 30.7 Å². The van der Waals surface area contributed by atoms with Gasteiger partial charge in [0, 0.05) is 5.56 Å². The van der Waals surface area contributed by atoms with Crippen LogP contribution >= 0.6 is 11.3 Å². The lowest BCUT2D eigenvalue weighted by atomic mass is 10.1. The summed E-state index contributed by atoms with van der Waals surface area (Å²) in [6.07, 6.45) is -0.955. The van der Waals surface area contributed by atoms with Crippen LogP contribution in [-0.2, 0) is 27.4 Å². The molecule has 1 atom stereocenters. The third kappa shape index (κ3) is 6.11. The standard InChI is InChI=1S/C26H33N3O7S/c1-7-34-25(32)22-16(6)21-23(31)28(13-20(27)30)26(33)29(24(21)37-22)12-19(36-15(4)5)17-10-8-9-11-18(17)35-14(2)3/h8-11,14-15,19H,7,12-13H2,1-6H3,(H2,27,30)/t19-/m0/s1. The van der Waals surface area contributed by atoms with Gasteiger partial charge < -0.3 is 19.9 Å². The van der Waals surface area contributed by atoms with Gasteiger partial charge in [0.1, 0.15) is 28.1 Å². The lowest BCUT2D eigenvalue weighted by Crippen LogP contribution is -2.43. The number of thiophene rings is 1. The Morgan fingerprint density at radius 3 is 2.32 bits per heavy atom. The number of rotatable bonds is 11. The van der Waals surface area contributed by atoms with Gasteiger partial charge in [-0.25, -0.2) is 9.59 Å². The minimum atomic E-state index is -0.839. The normalized spacial score (nSPS) is 12.3. The summed E-state index contributed by atoms with van der Waals surface area (Å²) in [7, 11) is 0. The van der Waals surface area contributed by atoms with E-state index < -0.39 is 35.8 Å². The first-order chi connectivity index (χ1) is 17.5. The van der Waals surface area contributed by atoms with E-state index in [1.165, 1.54) is 4.57 Å². The second-order valence-electron chi connectivity index (χ2n) is 9.09. The van der Waals surface area contributed by atoms with Crippen LogP contribution < -0.4 is 21.7 Å². The van der Waals surface area contributed by atoms with Crippen molar-refractivity contribution in [3.8, 4) is 5.75 Å². The number of ether oxygens (including phenoxy) is 3. The molecule has 200 valence electrons. The third-order valence-corrected chi connectivity index (χ3v) is 6.78. The van der Waals surface area contributed by atoms with Crippen LogP contribution in [0.15, 0.2) is 33.9 Å². The lowest BCUT2D eigenvalue weighted by Gasteiger charge is -2.25. The fraction of sp³-hybridized carbons (Fsp3) is 0.462. The van der Waals surface area contributed by atoms with Gasteiger partial charge >= 0.3 is 11.7 Å². The van der Waals surface area contributed by atoms with Crippen molar-refractivity contribution in [2.75, 3.05) is 6.61 Å². The minimum absolute atomic E-state index is 0.00670. The van der Waals surface area contributed by atoms with Crippen molar-refractivity contribution in [2.24, 2.45) is 5.73 Å². The molecule has 10 nitrogen and oxygen atoms in total. The fourth-order valence-electron chi connectivity index (χ4n) is 4.06. The largest absolute Gasteiger partial charge is 0.491 e. The van der Waals surface area contributed by atoms with Crippen LogP contribution in [0.25, 0.3) is 10.2 Å². The molecule has 0 aliphatic rings. The van der Waals surface area contributed by atoms with Crippen molar-refractivity contribution in [2.45, 2.75) is 72.9 Å². The Balaban J connectivity index is 2.30. The number of hydrogen-bond acceptors (Lipinski definition) is 8. The van der Waals surface area contributed by atoms with Gasteiger partial charge in [-0.15, -0.1) is 11.3 Å². The van der Waals surface area contributed by atoms with Gasteiger partial charge in [0.15, 0.2) is 0 Å². The predicted octanol–water partition coefficient (Wildman–Crippen LogP) is 3.15. The Bertz CT molecular complexity index is 1420. The lowest BCUT2D eigenvalue weighted by molar-refractivity contribution is -0.118. The molecule has 0 aliphatic heterocycles. The Kier molecular flexibility index (Phi) is 8.93. The van der Waals surface area contributed by atoms with Crippen LogP contribution in [0.5, 0.6) is 5.75 Å². The number of benzene rings is 1. The van der Waals surface area contributed by atoms with E-state index in [4.69, 9.17) is 19.9 Å². The summed E-state index contributed by atoms with van der Waals surface area (Å²) in [6.45, 7) is 10.4. The molecule has 2 N–H and O–H groups in total. The molecule has 11 heteroatoms. The number of hydrogen-bond donors (Lipinski definition) is 1. The van der Waals surface area contributed by atoms with Gasteiger partial charge in [-0.05, 0) is 53.2 Å². The van der Waals surface area contributed by atoms with E-state index in [1.54, 1.807) is 13.8 Å². The summed E-state index contributed by atoms with van der Waals surface area (Å²) in [6, 6.07) is 7.38. The zero-order chi connectivity index (χ0) is 27.4. The van der Waals surface area contributed by atoms with Crippen LogP contribution in [0.4, 0.5) is 0 Å². The Morgan fingerprint density at radius 1 is 1.05 bits per heavy atom. The van der Waals surface area contributed by atoms with Crippen LogP contribution in [-0.4, -0.2) is 39.8 Å². The van der Waals surface area contributed by atoms with Gasteiger partial charge in [0.25, 0.3) is 5.56 Å². The molecule has 2 heterocycles. The smallest absolute Gasteiger partial charge is 0.348 e. The zero-order valence-corrected chi connectivity index (χ0v) is 22.7. The number of primary amides is 1. The third-order valence-electron chi connectivity index (χ3n) is 5.48. The quantitative estimate of drug-likeness (QED) is 0.376. The SMILES string of the molecule is CCOC(=O)c1sc2c(c1C)c(=O)n(CC(N)=O)c(=O)n2C[C@H](OC(C)C)c1ccccc1OC(C)C. The van der Waals surface area contributed by atoms with Crippen molar-refractivity contribution >= 4 is 33.4 Å². The van der Waals surface area contributed by atoms with Crippen LogP contribution in [0.2, 0.25) is 0 Å². The second kappa shape index (κ2) is 11.7. The Hall–Kier alpha value is -3.44. The molecule has 0 unspecified atom stereocenters. The van der Waals surface area contributed by atoms with Crippen molar-refractivity contribution in [3.05, 3.63) is 61.1 Å². The average molecular weight is 532 g/mol. The maximum absolute atomic E-state index is 13.6. The van der Waals surface area contributed by atoms with Crippen molar-refractivity contribution < 1.29 is 23.8 Å². The highest BCUT2D eigenvalue weighted by Gasteiger charge is 2.27. The summed E-state index contributed by atoms with van der Waals surface area (Å²) in [5.74, 6) is -0.826. The minimum Gasteiger partial charge on any atom is -0.491 e. The number of aromatic nitrogens is 2. The molecule has 3 aromatic rings. The first kappa shape index (κ1) is 28.1. The van der Waals surface area contributed by atoms with E-state index in [0.717, 1.165) is 21.5 Å². The molecule has 1 amide bonds. The Labute approximate surface area is 218 Å². The van der Waals surface area contributed by atoms with E-state index in [1.807, 2.05) is 52.0 Å². The fourth-order valence-corrected chi connectivity index (χ4v) is 5.26. The highest BCUT2D eigenvalue weighted by Crippen LogP contribution is 2.33. The van der Waals surface area contributed by atoms with Crippen LogP contribution in [0.3, 0.4) is 0 Å². The maximum atomic E-state index is 13.6. The summed E-state index contributed by atoms with van der Waals surface area (Å²) >= 11 is 0.998. The van der Waals surface area contributed by atoms with Gasteiger partial charge in [-0.2, -0.15) is 0 Å². The number of nitrogens with two attached hydrogens (primary N) is 1. The van der Waals surface area contributed by atoms with Crippen molar-refractivity contribution in [3.63, 3.8) is 0 Å². The van der Waals surface area contributed by atoms with Gasteiger partial charge in [-0.3, -0.25) is 18.7 Å². The second-order valence-corrected chi connectivity index (χ2v) is 10.1. The molecular weight excluding hydrogens is 498 g/mol. The molecule has 37 heavy (non-hydrogen) atoms. The van der Waals surface area contributed by atoms with E-state index in [-0.39, 0.29) is 40.5 Å². The van der Waals surface area contributed by atoms with E-state index >= 15 is 0 Å². The Morgan fingerprint density at radius 2 is 1.73 bits per heavy atom. The number of carbonyl (C=O) groups excluding carboxylic acids is 2. The summed E-state index contributed by atoms with van der Waals surface area (Å²) in [4.78, 5) is 51.8. The molecule has 0 saturated carbocycles. The summed E-state index contributed by atoms with van der Waals surface area (Å²) in [5, 5.41) is 0.156. The number of esters is 1. The van der Waals surface area contributed by atoms with Gasteiger partial charge in [-0.1, -0.05) is 18.2 Å². The van der Waals surface area contributed by atoms with Crippen molar-refractivity contribution in [1.82, 2.24) is 9.13 Å². The molecule has 0 bridgehead atoms. The van der Waals surface area contributed by atoms with Crippen LogP contribution in [0, 0.1) is 6.92 Å². The van der Waals surface area contributed by atoms with Gasteiger partial charge in [0.2, 0.25) is 5.91 Å². The highest BCUT2D eigenvalue weighted by molar-refractivity contribution is 7.20. The molecule has 3 rings (SSSR count). The van der Waals surface area contributed by atoms with E-state index in [0.29, 0.717) is 11.3 Å². The molecule has 0 spiro atoms. The maximum Gasteiger partial charge on any atom is 0.348 e. The predicted molar refractivity (Wildman–Crippen MR) is 141 cm³/mol. The molecule has 0 radical (unpaired) electrons. The highest BCUT2D eigenvalue weighted by atomic mass is 32.1. The molecule has 0 saturated heterocycles. The van der Waals surface area contributed by atoms with E-state index in [9.17, 15) is 19.2 Å². The average Bonchev–Trinajstić information content (AvgIpc) is 3.15. The molecule has 0 aliphatic carbocycles. The number of nitrogens with zero attached hydrogens (tertiary/aromatic N) is 2. The van der Waals surface area contributed by atoms with Crippen molar-refractivity contribution in [1.29, 1.82) is 0 Å². The molecule has 0 fully saturated rings.